The lowest BCUT2D eigenvalue weighted by molar-refractivity contribution is 0.0845. The number of para-hydroxylation sites is 2. The highest BCUT2D eigenvalue weighted by atomic mass is 16.1. The lowest BCUT2D eigenvalue weighted by Crippen LogP contribution is -2.37. The number of nitrogens with zero attached hydrogens (tertiary/aromatic N) is 10. The summed E-state index contributed by atoms with van der Waals surface area (Å²) in [4.78, 5) is 26.3. The third kappa shape index (κ3) is 6.09. The molecule has 0 saturated heterocycles. The fourth-order valence-electron chi connectivity index (χ4n) is 8.21. The Morgan fingerprint density at radius 2 is 1.00 bits per heavy atom. The number of hydrogen-bond acceptors (Lipinski definition) is 8. The molecule has 52 heavy (non-hydrogen) atoms. The van der Waals surface area contributed by atoms with Crippen molar-refractivity contribution in [2.24, 2.45) is 10.8 Å². The second-order valence-electron chi connectivity index (χ2n) is 15.7. The summed E-state index contributed by atoms with van der Waals surface area (Å²) in [6.45, 7) is 8.48. The number of carbonyl (C=O) groups is 2. The molecule has 0 spiro atoms. The van der Waals surface area contributed by atoms with Crippen LogP contribution < -0.4 is 0 Å². The summed E-state index contributed by atoms with van der Waals surface area (Å²) in [6.07, 6.45) is 14.1. The molecule has 6 aromatic rings. The van der Waals surface area contributed by atoms with E-state index in [4.69, 9.17) is 0 Å². The molecular formula is C40H44N10O2. The molecule has 2 aromatic carbocycles. The third-order valence-corrected chi connectivity index (χ3v) is 10.7. The molecule has 0 radical (unpaired) electrons. The Morgan fingerprint density at radius 1 is 0.596 bits per heavy atom. The molecule has 2 atom stereocenters. The molecule has 0 aliphatic heterocycles. The van der Waals surface area contributed by atoms with Crippen LogP contribution in [0.25, 0.3) is 11.4 Å². The summed E-state index contributed by atoms with van der Waals surface area (Å²) in [5, 5.41) is 27.5. The first-order valence-electron chi connectivity index (χ1n) is 18.3. The predicted octanol–water partition coefficient (Wildman–Crippen LogP) is 6.99. The van der Waals surface area contributed by atoms with Crippen LogP contribution in [0.3, 0.4) is 0 Å². The quantitative estimate of drug-likeness (QED) is 0.133. The van der Waals surface area contributed by atoms with Gasteiger partial charge in [0.15, 0.2) is 11.6 Å². The molecule has 2 aliphatic carbocycles. The maximum absolute atomic E-state index is 13.1. The molecule has 4 aromatic heterocycles. The highest BCUT2D eigenvalue weighted by Crippen LogP contribution is 2.47. The Kier molecular flexibility index (Phi) is 8.55. The number of aryl methyl sites for hydroxylation is 2. The lowest BCUT2D eigenvalue weighted by Gasteiger charge is -2.37. The minimum absolute atomic E-state index is 0.111. The van der Waals surface area contributed by atoms with Gasteiger partial charge in [-0.1, -0.05) is 87.4 Å². The van der Waals surface area contributed by atoms with Gasteiger partial charge in [0.1, 0.15) is 12.1 Å². The standard InChI is InChI=1S/C40H44N10O2/c1-39(2)21-33(51)31-23-41-49(29-17-11-7-12-18-29)35(31)37(39)47-25-27(43-45-47)15-9-5-6-10-16-28-26-48(46-44-28)38-36-32(34(52)22-40(38,3)4)24-42-50(36)30-19-13-8-14-20-30/h7-8,11-14,17-20,23-26,37-38H,5-6,9-10,15-16,21-22H2,1-4H3/t37-,38-/m1/s1. The van der Waals surface area contributed by atoms with E-state index in [0.29, 0.717) is 24.0 Å². The number of Topliss-reactive ketones (excluding diaryl/α,β-unsaturated/α-hetero) is 2. The minimum Gasteiger partial charge on any atom is -0.294 e. The maximum Gasteiger partial charge on any atom is 0.167 e. The Labute approximate surface area is 302 Å². The van der Waals surface area contributed by atoms with E-state index in [1.807, 2.05) is 91.8 Å². The first kappa shape index (κ1) is 33.6. The van der Waals surface area contributed by atoms with Crippen LogP contribution in [0.15, 0.2) is 85.5 Å². The SMILES string of the molecule is CC1(C)CC(=O)c2cnn(-c3ccccc3)c2[C@H]1n1cc(CCCCCCc2cn([C@@H]3c4c(cnn4-c4ccccc4)C(=O)CC3(C)C)nn2)nn1. The van der Waals surface area contributed by atoms with Gasteiger partial charge in [-0.25, -0.2) is 18.7 Å². The second-order valence-corrected chi connectivity index (χ2v) is 15.7. The monoisotopic (exact) mass is 696 g/mol. The first-order valence-corrected chi connectivity index (χ1v) is 18.3. The number of benzene rings is 2. The Hall–Kier alpha value is -5.52. The Balaban J connectivity index is 0.895. The van der Waals surface area contributed by atoms with Gasteiger partial charge >= 0.3 is 0 Å². The number of rotatable bonds is 11. The van der Waals surface area contributed by atoms with Gasteiger partial charge in [-0.2, -0.15) is 10.2 Å². The van der Waals surface area contributed by atoms with E-state index in [1.54, 1.807) is 12.4 Å². The van der Waals surface area contributed by atoms with Crippen molar-refractivity contribution in [3.63, 3.8) is 0 Å². The van der Waals surface area contributed by atoms with E-state index < -0.39 is 0 Å². The molecule has 2 aliphatic rings. The Bertz CT molecular complexity index is 2070. The van der Waals surface area contributed by atoms with Gasteiger partial charge < -0.3 is 0 Å². The van der Waals surface area contributed by atoms with Crippen molar-refractivity contribution in [3.05, 3.63) is 119 Å². The van der Waals surface area contributed by atoms with Crippen molar-refractivity contribution >= 4 is 11.6 Å². The van der Waals surface area contributed by atoms with Crippen molar-refractivity contribution in [2.45, 2.75) is 91.1 Å². The Morgan fingerprint density at radius 3 is 1.40 bits per heavy atom. The van der Waals surface area contributed by atoms with Crippen LogP contribution in [-0.4, -0.2) is 61.1 Å². The summed E-state index contributed by atoms with van der Waals surface area (Å²) in [7, 11) is 0. The zero-order valence-corrected chi connectivity index (χ0v) is 30.2. The summed E-state index contributed by atoms with van der Waals surface area (Å²) in [5.41, 5.74) is 6.06. The molecule has 0 fully saturated rings. The molecule has 8 rings (SSSR count). The van der Waals surface area contributed by atoms with Gasteiger partial charge in [0, 0.05) is 36.1 Å². The van der Waals surface area contributed by atoms with Crippen LogP contribution in [0.4, 0.5) is 0 Å². The topological polar surface area (TPSA) is 131 Å². The van der Waals surface area contributed by atoms with Gasteiger partial charge in [-0.15, -0.1) is 10.2 Å². The average Bonchev–Trinajstić information content (AvgIpc) is 3.94. The number of aromatic nitrogens is 10. The van der Waals surface area contributed by atoms with Gasteiger partial charge in [0.05, 0.1) is 57.7 Å². The summed E-state index contributed by atoms with van der Waals surface area (Å²) in [5.74, 6) is 0.223. The van der Waals surface area contributed by atoms with Crippen LogP contribution in [0, 0.1) is 10.8 Å². The lowest BCUT2D eigenvalue weighted by atomic mass is 9.72. The molecule has 266 valence electrons. The van der Waals surface area contributed by atoms with Crippen LogP contribution in [-0.2, 0) is 12.8 Å². The number of carbonyl (C=O) groups excluding carboxylic acids is 2. The van der Waals surface area contributed by atoms with Crippen molar-refractivity contribution in [1.82, 2.24) is 49.5 Å². The van der Waals surface area contributed by atoms with Gasteiger partial charge in [-0.3, -0.25) is 9.59 Å². The van der Waals surface area contributed by atoms with Crippen LogP contribution in [0.5, 0.6) is 0 Å². The van der Waals surface area contributed by atoms with Crippen LogP contribution >= 0.6 is 0 Å². The zero-order chi connectivity index (χ0) is 36.0. The summed E-state index contributed by atoms with van der Waals surface area (Å²) < 4.78 is 7.63. The number of ketones is 2. The van der Waals surface area contributed by atoms with E-state index in [2.05, 4.69) is 58.5 Å². The normalized spacial score (nSPS) is 19.1. The first-order chi connectivity index (χ1) is 25.1. The molecule has 12 nitrogen and oxygen atoms in total. The average molecular weight is 697 g/mol. The van der Waals surface area contributed by atoms with Gasteiger partial charge in [-0.05, 0) is 49.9 Å². The van der Waals surface area contributed by atoms with E-state index in [-0.39, 0.29) is 34.5 Å². The molecule has 0 saturated carbocycles. The molecule has 0 bridgehead atoms. The van der Waals surface area contributed by atoms with E-state index >= 15 is 0 Å². The predicted molar refractivity (Wildman–Crippen MR) is 195 cm³/mol. The largest absolute Gasteiger partial charge is 0.294 e. The summed E-state index contributed by atoms with van der Waals surface area (Å²) in [6, 6.07) is 19.5. The molecule has 0 amide bonds. The molecule has 0 unspecified atom stereocenters. The zero-order valence-electron chi connectivity index (χ0n) is 30.2. The van der Waals surface area contributed by atoms with Crippen molar-refractivity contribution in [1.29, 1.82) is 0 Å². The van der Waals surface area contributed by atoms with Crippen molar-refractivity contribution in [3.8, 4) is 11.4 Å². The van der Waals surface area contributed by atoms with Crippen molar-refractivity contribution < 1.29 is 9.59 Å². The highest BCUT2D eigenvalue weighted by molar-refractivity contribution is 5.99. The molecular weight excluding hydrogens is 653 g/mol. The van der Waals surface area contributed by atoms with Gasteiger partial charge in [0.25, 0.3) is 0 Å². The van der Waals surface area contributed by atoms with E-state index in [0.717, 1.165) is 72.7 Å². The highest BCUT2D eigenvalue weighted by Gasteiger charge is 2.46. The molecule has 0 N–H and O–H groups in total. The minimum atomic E-state index is -0.362. The van der Waals surface area contributed by atoms with Crippen LogP contribution in [0.2, 0.25) is 0 Å². The fourth-order valence-corrected chi connectivity index (χ4v) is 8.21. The fraction of sp³-hybridized carbons (Fsp3) is 0.400. The second kappa shape index (κ2) is 13.2. The maximum atomic E-state index is 13.1. The number of hydrogen-bond donors (Lipinski definition) is 0. The smallest absolute Gasteiger partial charge is 0.167 e. The molecule has 4 heterocycles. The third-order valence-electron chi connectivity index (χ3n) is 10.7. The van der Waals surface area contributed by atoms with E-state index in [9.17, 15) is 9.59 Å². The summed E-state index contributed by atoms with van der Waals surface area (Å²) >= 11 is 0. The van der Waals surface area contributed by atoms with Gasteiger partial charge in [0.2, 0.25) is 0 Å². The van der Waals surface area contributed by atoms with Crippen LogP contribution in [0.1, 0.15) is 122 Å². The number of unbranched alkanes of at least 4 members (excludes halogenated alkanes) is 3. The van der Waals surface area contributed by atoms with E-state index in [1.165, 1.54) is 0 Å². The number of fused-ring (bicyclic) bond motifs is 2. The van der Waals surface area contributed by atoms with Crippen molar-refractivity contribution in [2.75, 3.05) is 0 Å². The molecule has 12 heteroatoms.